The average Bonchev–Trinajstić information content (AvgIpc) is 3.73. The molecule has 45 heavy (non-hydrogen) atoms. The van der Waals surface area contributed by atoms with E-state index in [4.69, 9.17) is 28.4 Å². The van der Waals surface area contributed by atoms with Gasteiger partial charge in [0.15, 0.2) is 23.0 Å². The molecule has 2 N–H and O–H groups in total. The van der Waals surface area contributed by atoms with Crippen molar-refractivity contribution in [1.82, 2.24) is 10.2 Å². The molecule has 0 saturated heterocycles. The van der Waals surface area contributed by atoms with E-state index in [0.717, 1.165) is 22.3 Å². The van der Waals surface area contributed by atoms with Crippen LogP contribution in [0.3, 0.4) is 0 Å². The van der Waals surface area contributed by atoms with Gasteiger partial charge in [0.25, 0.3) is 5.91 Å². The number of hydrogen-bond acceptors (Lipinski definition) is 10. The molecule has 2 atom stereocenters. The van der Waals surface area contributed by atoms with Gasteiger partial charge in [-0.25, -0.2) is 9.59 Å². The first-order chi connectivity index (χ1) is 21.6. The summed E-state index contributed by atoms with van der Waals surface area (Å²) in [6.07, 6.45) is -0.457. The Labute approximate surface area is 259 Å². The zero-order valence-corrected chi connectivity index (χ0v) is 25.4. The van der Waals surface area contributed by atoms with Crippen molar-refractivity contribution in [1.29, 1.82) is 0 Å². The Morgan fingerprint density at radius 2 is 1.69 bits per heavy atom. The molecule has 3 aromatic rings. The summed E-state index contributed by atoms with van der Waals surface area (Å²) in [5.74, 6) is 1.38. The van der Waals surface area contributed by atoms with Crippen LogP contribution in [0.5, 0.6) is 23.0 Å². The highest BCUT2D eigenvalue weighted by Gasteiger charge is 2.45. The SMILES string of the molecule is CN1CCc2c(cc3c(c2CNC(=O)c2ccc(NC(=O)OC(C)(C)C)cc2)OCO3)[C@H]1[C@@H]1OC(=O)c2c1ccc1c2OCO1. The molecular formula is C33H33N3O9. The van der Waals surface area contributed by atoms with Crippen LogP contribution in [0.15, 0.2) is 42.5 Å². The molecule has 0 radical (unpaired) electrons. The highest BCUT2D eigenvalue weighted by molar-refractivity contribution is 5.98. The number of carbonyl (C=O) groups excluding carboxylic acids is 3. The summed E-state index contributed by atoms with van der Waals surface area (Å²) in [6, 6.07) is 11.9. The van der Waals surface area contributed by atoms with Crippen LogP contribution in [0.1, 0.15) is 75.9 Å². The first kappa shape index (κ1) is 28.8. The molecule has 2 amide bonds. The van der Waals surface area contributed by atoms with E-state index in [0.29, 0.717) is 52.8 Å². The molecule has 0 aromatic heterocycles. The van der Waals surface area contributed by atoms with Gasteiger partial charge in [-0.05, 0) is 81.8 Å². The van der Waals surface area contributed by atoms with Gasteiger partial charge in [-0.1, -0.05) is 6.07 Å². The molecule has 0 fully saturated rings. The molecule has 7 rings (SSSR count). The number of nitrogens with zero attached hydrogens (tertiary/aromatic N) is 1. The van der Waals surface area contributed by atoms with E-state index in [1.807, 2.05) is 19.2 Å². The van der Waals surface area contributed by atoms with Crippen molar-refractivity contribution >= 4 is 23.7 Å². The fourth-order valence-corrected chi connectivity index (χ4v) is 6.28. The summed E-state index contributed by atoms with van der Waals surface area (Å²) in [6.45, 7) is 6.37. The average molecular weight is 616 g/mol. The summed E-state index contributed by atoms with van der Waals surface area (Å²) in [7, 11) is 2.00. The van der Waals surface area contributed by atoms with Crippen LogP contribution in [0.25, 0.3) is 0 Å². The number of ether oxygens (including phenoxy) is 6. The van der Waals surface area contributed by atoms with Gasteiger partial charge in [-0.15, -0.1) is 0 Å². The predicted octanol–water partition coefficient (Wildman–Crippen LogP) is 4.86. The van der Waals surface area contributed by atoms with Crippen molar-refractivity contribution in [2.75, 3.05) is 32.5 Å². The Kier molecular flexibility index (Phi) is 6.96. The monoisotopic (exact) mass is 615 g/mol. The van der Waals surface area contributed by atoms with E-state index >= 15 is 0 Å². The van der Waals surface area contributed by atoms with Gasteiger partial charge in [0.1, 0.15) is 17.3 Å². The fraction of sp³-hybridized carbons (Fsp3) is 0.364. The van der Waals surface area contributed by atoms with Gasteiger partial charge < -0.3 is 33.7 Å². The van der Waals surface area contributed by atoms with Crippen molar-refractivity contribution < 1.29 is 42.8 Å². The zero-order valence-electron chi connectivity index (χ0n) is 25.4. The van der Waals surface area contributed by atoms with E-state index in [2.05, 4.69) is 15.5 Å². The first-order valence-corrected chi connectivity index (χ1v) is 14.7. The highest BCUT2D eigenvalue weighted by atomic mass is 16.7. The van der Waals surface area contributed by atoms with Crippen LogP contribution in [0.2, 0.25) is 0 Å². The number of esters is 1. The molecule has 4 aliphatic heterocycles. The molecule has 4 aliphatic rings. The Bertz CT molecular complexity index is 1710. The second-order valence-corrected chi connectivity index (χ2v) is 12.3. The first-order valence-electron chi connectivity index (χ1n) is 14.7. The van der Waals surface area contributed by atoms with Gasteiger partial charge in [0, 0.05) is 35.5 Å². The molecule has 0 bridgehead atoms. The van der Waals surface area contributed by atoms with E-state index in [1.54, 1.807) is 51.1 Å². The number of nitrogens with one attached hydrogen (secondary N) is 2. The van der Waals surface area contributed by atoms with Gasteiger partial charge >= 0.3 is 12.1 Å². The zero-order chi connectivity index (χ0) is 31.5. The number of cyclic esters (lactones) is 1. The lowest BCUT2D eigenvalue weighted by molar-refractivity contribution is 0.00924. The summed E-state index contributed by atoms with van der Waals surface area (Å²) in [5, 5.41) is 5.68. The van der Waals surface area contributed by atoms with Crippen LogP contribution in [0.4, 0.5) is 10.5 Å². The summed E-state index contributed by atoms with van der Waals surface area (Å²) >= 11 is 0. The summed E-state index contributed by atoms with van der Waals surface area (Å²) in [5.41, 5.74) is 4.24. The predicted molar refractivity (Wildman–Crippen MR) is 160 cm³/mol. The standard InChI is InChI=1S/C33H33N3O9/c1-33(2,3)45-32(39)35-18-7-5-17(6-8-18)30(37)34-14-22-19-11-12-36(4)26(21(19)13-24-27(22)42-16-41-24)28-20-9-10-23-29(43-15-40-23)25(20)31(38)44-28/h5-10,13,26,28H,11-12,14-16H2,1-4H3,(H,34,37)(H,35,39)/t26-,28+/m0/s1. The largest absolute Gasteiger partial charge is 0.454 e. The van der Waals surface area contributed by atoms with Crippen LogP contribution in [-0.2, 0) is 22.4 Å². The van der Waals surface area contributed by atoms with Crippen molar-refractivity contribution in [3.8, 4) is 23.0 Å². The molecule has 0 spiro atoms. The highest BCUT2D eigenvalue weighted by Crippen LogP contribution is 2.52. The Balaban J connectivity index is 1.14. The maximum Gasteiger partial charge on any atom is 0.412 e. The van der Waals surface area contributed by atoms with Crippen molar-refractivity contribution in [3.63, 3.8) is 0 Å². The summed E-state index contributed by atoms with van der Waals surface area (Å²) in [4.78, 5) is 40.6. The third kappa shape index (κ3) is 5.24. The van der Waals surface area contributed by atoms with Gasteiger partial charge in [-0.2, -0.15) is 0 Å². The number of hydrogen-bond donors (Lipinski definition) is 2. The number of benzene rings is 3. The minimum absolute atomic E-state index is 0.0571. The van der Waals surface area contributed by atoms with Gasteiger partial charge in [0.05, 0.1) is 6.04 Å². The van der Waals surface area contributed by atoms with E-state index in [1.165, 1.54) is 0 Å². The Morgan fingerprint density at radius 1 is 0.956 bits per heavy atom. The quantitative estimate of drug-likeness (QED) is 0.383. The Morgan fingerprint density at radius 3 is 2.44 bits per heavy atom. The smallest absolute Gasteiger partial charge is 0.412 e. The number of rotatable bonds is 5. The lowest BCUT2D eigenvalue weighted by Gasteiger charge is -2.38. The molecule has 0 saturated carbocycles. The minimum Gasteiger partial charge on any atom is -0.454 e. The van der Waals surface area contributed by atoms with Gasteiger partial charge in [0.2, 0.25) is 13.6 Å². The molecule has 0 unspecified atom stereocenters. The van der Waals surface area contributed by atoms with Crippen molar-refractivity contribution in [3.05, 3.63) is 75.8 Å². The molecule has 234 valence electrons. The maximum absolute atomic E-state index is 13.2. The minimum atomic E-state index is -0.624. The van der Waals surface area contributed by atoms with Crippen molar-refractivity contribution in [2.45, 2.75) is 51.5 Å². The van der Waals surface area contributed by atoms with Gasteiger partial charge in [-0.3, -0.25) is 15.0 Å². The van der Waals surface area contributed by atoms with Crippen LogP contribution in [-0.4, -0.2) is 55.6 Å². The molecule has 12 nitrogen and oxygen atoms in total. The second-order valence-electron chi connectivity index (χ2n) is 12.3. The lowest BCUT2D eigenvalue weighted by atomic mass is 9.83. The normalized spacial score (nSPS) is 19.4. The molecule has 3 aromatic carbocycles. The van der Waals surface area contributed by atoms with E-state index in [-0.39, 0.29) is 32.1 Å². The third-order valence-corrected chi connectivity index (χ3v) is 8.24. The fourth-order valence-electron chi connectivity index (χ4n) is 6.28. The van der Waals surface area contributed by atoms with E-state index in [9.17, 15) is 14.4 Å². The topological polar surface area (TPSA) is 134 Å². The van der Waals surface area contributed by atoms with Crippen LogP contribution < -0.4 is 29.6 Å². The second kappa shape index (κ2) is 10.9. The maximum atomic E-state index is 13.2. The molecule has 4 heterocycles. The van der Waals surface area contributed by atoms with Crippen LogP contribution in [0, 0.1) is 0 Å². The lowest BCUT2D eigenvalue weighted by Crippen LogP contribution is -2.37. The number of anilines is 1. The molecule has 12 heteroatoms. The van der Waals surface area contributed by atoms with Crippen LogP contribution >= 0.6 is 0 Å². The Hall–Kier alpha value is -4.97. The molecule has 0 aliphatic carbocycles. The molecular weight excluding hydrogens is 582 g/mol. The summed E-state index contributed by atoms with van der Waals surface area (Å²) < 4.78 is 34.1. The third-order valence-electron chi connectivity index (χ3n) is 8.24. The van der Waals surface area contributed by atoms with Crippen molar-refractivity contribution in [2.24, 2.45) is 0 Å². The number of amides is 2. The van der Waals surface area contributed by atoms with E-state index < -0.39 is 23.8 Å². The number of fused-ring (bicyclic) bond motifs is 5. The number of likely N-dealkylation sites (N-methyl/N-ethyl adjacent to an activating group) is 1. The number of carbonyl (C=O) groups is 3.